The number of phenolic OH excluding ortho intramolecular Hbond substituents is 1. The summed E-state index contributed by atoms with van der Waals surface area (Å²) in [5.74, 6) is -0.687. The quantitative estimate of drug-likeness (QED) is 0.726. The lowest BCUT2D eigenvalue weighted by atomic mass is 9.93. The number of carbonyl (C=O) groups is 2. The normalized spacial score (nSPS) is 20.8. The minimum Gasteiger partial charge on any atom is -0.506 e. The van der Waals surface area contributed by atoms with Crippen LogP contribution in [-0.4, -0.2) is 47.1 Å². The molecule has 0 spiro atoms. The van der Waals surface area contributed by atoms with E-state index in [0.29, 0.717) is 25.6 Å². The maximum absolute atomic E-state index is 12.5. The zero-order valence-corrected chi connectivity index (χ0v) is 15.9. The van der Waals surface area contributed by atoms with Crippen molar-refractivity contribution in [3.63, 3.8) is 0 Å². The van der Waals surface area contributed by atoms with Crippen LogP contribution in [0.5, 0.6) is 5.75 Å². The maximum atomic E-state index is 12.5. The third-order valence-corrected chi connectivity index (χ3v) is 5.56. The van der Waals surface area contributed by atoms with Crippen molar-refractivity contribution in [3.05, 3.63) is 27.7 Å². The molecule has 0 bridgehead atoms. The summed E-state index contributed by atoms with van der Waals surface area (Å²) in [6.45, 7) is 1.27. The molecular formula is C18H23Cl2N3O3. The van der Waals surface area contributed by atoms with Crippen LogP contribution >= 0.6 is 23.2 Å². The van der Waals surface area contributed by atoms with Gasteiger partial charge in [-0.3, -0.25) is 4.79 Å². The lowest BCUT2D eigenvalue weighted by Gasteiger charge is -2.30. The van der Waals surface area contributed by atoms with E-state index in [1.807, 2.05) is 4.90 Å². The molecule has 1 aromatic carbocycles. The Bertz CT molecular complexity index is 695. The largest absolute Gasteiger partial charge is 0.506 e. The lowest BCUT2D eigenvalue weighted by Crippen LogP contribution is -2.47. The molecule has 1 aliphatic carbocycles. The van der Waals surface area contributed by atoms with E-state index in [-0.39, 0.29) is 33.4 Å². The molecule has 3 N–H and O–H groups in total. The molecule has 0 aromatic heterocycles. The van der Waals surface area contributed by atoms with Gasteiger partial charge in [0, 0.05) is 30.2 Å². The van der Waals surface area contributed by atoms with Crippen molar-refractivity contribution in [2.24, 2.45) is 0 Å². The number of nitrogens with zero attached hydrogens (tertiary/aromatic N) is 1. The molecule has 1 heterocycles. The van der Waals surface area contributed by atoms with Crippen molar-refractivity contribution >= 4 is 35.1 Å². The number of likely N-dealkylation sites (tertiary alicyclic amines) is 1. The Hall–Kier alpha value is -1.66. The Balaban J connectivity index is 1.56. The van der Waals surface area contributed by atoms with Crippen molar-refractivity contribution < 1.29 is 14.7 Å². The van der Waals surface area contributed by atoms with Crippen LogP contribution in [0, 0.1) is 0 Å². The van der Waals surface area contributed by atoms with Crippen LogP contribution < -0.4 is 10.6 Å². The topological polar surface area (TPSA) is 81.7 Å². The van der Waals surface area contributed by atoms with Gasteiger partial charge in [-0.25, -0.2) is 4.79 Å². The Morgan fingerprint density at radius 2 is 1.69 bits per heavy atom. The number of halogens is 2. The molecule has 2 fully saturated rings. The molecule has 6 nitrogen and oxygen atoms in total. The molecule has 0 radical (unpaired) electrons. The molecule has 1 atom stereocenters. The highest BCUT2D eigenvalue weighted by atomic mass is 35.5. The summed E-state index contributed by atoms with van der Waals surface area (Å²) in [7, 11) is 0. The maximum Gasteiger partial charge on any atom is 0.317 e. The molecule has 3 amide bonds. The number of hydrogen-bond acceptors (Lipinski definition) is 3. The lowest BCUT2D eigenvalue weighted by molar-refractivity contribution is 0.0931. The van der Waals surface area contributed by atoms with E-state index in [1.54, 1.807) is 0 Å². The van der Waals surface area contributed by atoms with E-state index in [0.717, 1.165) is 25.7 Å². The van der Waals surface area contributed by atoms with E-state index in [4.69, 9.17) is 23.2 Å². The average molecular weight is 400 g/mol. The van der Waals surface area contributed by atoms with Crippen molar-refractivity contribution in [1.82, 2.24) is 15.5 Å². The predicted molar refractivity (Wildman–Crippen MR) is 101 cm³/mol. The van der Waals surface area contributed by atoms with Crippen LogP contribution in [0.25, 0.3) is 0 Å². The standard InChI is InChI=1S/C18H23Cl2N3O3/c19-11-9-14(16(24)15(20)10-11)17(25)21-13-5-2-7-23(8-6-13)18(26)22-12-3-1-4-12/h9-10,12-13,24H,1-8H2,(H,21,25)(H,22,26). The SMILES string of the molecule is O=C(NC1CCCN(C(=O)NC2CCC2)CC1)c1cc(Cl)cc(Cl)c1O. The second-order valence-corrected chi connectivity index (χ2v) is 7.79. The van der Waals surface area contributed by atoms with Crippen LogP contribution in [0.4, 0.5) is 4.79 Å². The molecule has 3 rings (SSSR count). The van der Waals surface area contributed by atoms with Gasteiger partial charge in [0.05, 0.1) is 10.6 Å². The number of benzene rings is 1. The second-order valence-electron chi connectivity index (χ2n) is 6.95. The molecule has 1 aliphatic heterocycles. The fourth-order valence-electron chi connectivity index (χ4n) is 3.26. The third kappa shape index (κ3) is 4.54. The van der Waals surface area contributed by atoms with Crippen molar-refractivity contribution in [3.8, 4) is 5.75 Å². The third-order valence-electron chi connectivity index (χ3n) is 5.06. The molecule has 8 heteroatoms. The van der Waals surface area contributed by atoms with Crippen molar-refractivity contribution in [1.29, 1.82) is 0 Å². The molecule has 142 valence electrons. The summed E-state index contributed by atoms with van der Waals surface area (Å²) in [6.07, 6.45) is 5.55. The Labute approximate surface area is 162 Å². The fourth-order valence-corrected chi connectivity index (χ4v) is 3.76. The smallest absolute Gasteiger partial charge is 0.317 e. The summed E-state index contributed by atoms with van der Waals surface area (Å²) >= 11 is 11.8. The second kappa shape index (κ2) is 8.35. The van der Waals surface area contributed by atoms with E-state index in [9.17, 15) is 14.7 Å². The van der Waals surface area contributed by atoms with Gasteiger partial charge in [0.15, 0.2) is 0 Å². The highest BCUT2D eigenvalue weighted by Gasteiger charge is 2.26. The van der Waals surface area contributed by atoms with Crippen LogP contribution in [0.15, 0.2) is 12.1 Å². The number of phenols is 1. The first-order valence-electron chi connectivity index (χ1n) is 8.98. The van der Waals surface area contributed by atoms with Crippen molar-refractivity contribution in [2.45, 2.75) is 50.6 Å². The van der Waals surface area contributed by atoms with Gasteiger partial charge in [-0.15, -0.1) is 0 Å². The molecular weight excluding hydrogens is 377 g/mol. The van der Waals surface area contributed by atoms with Gasteiger partial charge in [0.2, 0.25) is 0 Å². The number of nitrogens with one attached hydrogen (secondary N) is 2. The molecule has 1 aromatic rings. The first kappa shape index (κ1) is 19.1. The van der Waals surface area contributed by atoms with E-state index in [2.05, 4.69) is 10.6 Å². The Morgan fingerprint density at radius 3 is 2.38 bits per heavy atom. The highest BCUT2D eigenvalue weighted by molar-refractivity contribution is 6.36. The molecule has 1 unspecified atom stereocenters. The Morgan fingerprint density at radius 1 is 1.00 bits per heavy atom. The summed E-state index contributed by atoms with van der Waals surface area (Å²) in [5, 5.41) is 16.3. The molecule has 1 saturated carbocycles. The number of rotatable bonds is 3. The predicted octanol–water partition coefficient (Wildman–Crippen LogP) is 3.55. The average Bonchev–Trinajstić information content (AvgIpc) is 2.79. The number of amides is 3. The van der Waals surface area contributed by atoms with E-state index in [1.165, 1.54) is 18.6 Å². The van der Waals surface area contributed by atoms with Crippen LogP contribution in [0.1, 0.15) is 48.9 Å². The number of carbonyl (C=O) groups excluding carboxylic acids is 2. The van der Waals surface area contributed by atoms with Gasteiger partial charge < -0.3 is 20.6 Å². The van der Waals surface area contributed by atoms with Crippen LogP contribution in [0.2, 0.25) is 10.0 Å². The molecule has 1 saturated heterocycles. The van der Waals surface area contributed by atoms with Gasteiger partial charge in [-0.1, -0.05) is 23.2 Å². The highest BCUT2D eigenvalue weighted by Crippen LogP contribution is 2.31. The monoisotopic (exact) mass is 399 g/mol. The van der Waals surface area contributed by atoms with Gasteiger partial charge in [-0.2, -0.15) is 0 Å². The fraction of sp³-hybridized carbons (Fsp3) is 0.556. The van der Waals surface area contributed by atoms with Gasteiger partial charge in [-0.05, 0) is 50.7 Å². The van der Waals surface area contributed by atoms with E-state index < -0.39 is 5.91 Å². The minimum atomic E-state index is -0.413. The zero-order valence-electron chi connectivity index (χ0n) is 14.4. The number of urea groups is 1. The van der Waals surface area contributed by atoms with Gasteiger partial charge in [0.1, 0.15) is 5.75 Å². The first-order valence-corrected chi connectivity index (χ1v) is 9.74. The summed E-state index contributed by atoms with van der Waals surface area (Å²) in [4.78, 5) is 26.6. The van der Waals surface area contributed by atoms with E-state index >= 15 is 0 Å². The van der Waals surface area contributed by atoms with Gasteiger partial charge in [0.25, 0.3) is 5.91 Å². The summed E-state index contributed by atoms with van der Waals surface area (Å²) in [6, 6.07) is 3.02. The minimum absolute atomic E-state index is 0.0130. The number of aromatic hydroxyl groups is 1. The first-order chi connectivity index (χ1) is 12.4. The summed E-state index contributed by atoms with van der Waals surface area (Å²) < 4.78 is 0. The van der Waals surface area contributed by atoms with Crippen molar-refractivity contribution in [2.75, 3.05) is 13.1 Å². The van der Waals surface area contributed by atoms with Gasteiger partial charge >= 0.3 is 6.03 Å². The summed E-state index contributed by atoms with van der Waals surface area (Å²) in [5.41, 5.74) is 0.0614. The number of hydrogen-bond donors (Lipinski definition) is 3. The molecule has 2 aliphatic rings. The van der Waals surface area contributed by atoms with Crippen LogP contribution in [-0.2, 0) is 0 Å². The Kier molecular flexibility index (Phi) is 6.14. The zero-order chi connectivity index (χ0) is 18.7. The molecule has 26 heavy (non-hydrogen) atoms. The van der Waals surface area contributed by atoms with Crippen LogP contribution in [0.3, 0.4) is 0 Å².